The zero-order chi connectivity index (χ0) is 12.3. The van der Waals surface area contributed by atoms with Crippen LogP contribution in [-0.2, 0) is 0 Å². The van der Waals surface area contributed by atoms with Gasteiger partial charge in [0.25, 0.3) is 0 Å². The Morgan fingerprint density at radius 3 is 2.76 bits per heavy atom. The molecular weight excluding hydrogens is 244 g/mol. The first-order chi connectivity index (χ1) is 8.20. The van der Waals surface area contributed by atoms with E-state index in [1.54, 1.807) is 4.68 Å². The third kappa shape index (κ3) is 2.95. The van der Waals surface area contributed by atoms with Crippen molar-refractivity contribution in [2.24, 2.45) is 0 Å². The summed E-state index contributed by atoms with van der Waals surface area (Å²) in [7, 11) is 0. The lowest BCUT2D eigenvalue weighted by molar-refractivity contribution is -0.385. The number of hydrogen-bond donors (Lipinski definition) is 0. The van der Waals surface area contributed by atoms with Gasteiger partial charge >= 0.3 is 5.69 Å². The zero-order valence-electron chi connectivity index (χ0n) is 9.46. The highest BCUT2D eigenvalue weighted by Crippen LogP contribution is 2.23. The van der Waals surface area contributed by atoms with Gasteiger partial charge in [0, 0.05) is 25.5 Å². The van der Waals surface area contributed by atoms with Crippen molar-refractivity contribution in [1.29, 1.82) is 0 Å². The van der Waals surface area contributed by atoms with Gasteiger partial charge in [-0.05, 0) is 12.8 Å². The minimum atomic E-state index is -0.411. The standard InChI is InChI=1S/C10H15ClN4O2/c11-3-6-13-4-1-9(2-5-13)14-8-10(7-12-14)15(16)17/h7-9H,1-6H2. The Bertz CT molecular complexity index is 387. The van der Waals surface area contributed by atoms with Crippen LogP contribution in [0.2, 0.25) is 0 Å². The van der Waals surface area contributed by atoms with Gasteiger partial charge in [-0.3, -0.25) is 14.8 Å². The number of piperidine rings is 1. The largest absolute Gasteiger partial charge is 0.307 e. The first-order valence-corrected chi connectivity index (χ1v) is 6.21. The summed E-state index contributed by atoms with van der Waals surface area (Å²) in [4.78, 5) is 12.5. The number of likely N-dealkylation sites (tertiary alicyclic amines) is 1. The smallest absolute Gasteiger partial charge is 0.302 e. The Balaban J connectivity index is 1.93. The normalized spacial score (nSPS) is 18.4. The van der Waals surface area contributed by atoms with E-state index in [1.807, 2.05) is 0 Å². The van der Waals surface area contributed by atoms with E-state index in [-0.39, 0.29) is 11.7 Å². The molecule has 0 spiro atoms. The molecule has 0 aliphatic carbocycles. The number of nitro groups is 1. The second-order valence-corrected chi connectivity index (χ2v) is 4.58. The Hall–Kier alpha value is -1.14. The highest BCUT2D eigenvalue weighted by atomic mass is 35.5. The van der Waals surface area contributed by atoms with Gasteiger partial charge in [0.1, 0.15) is 12.4 Å². The molecule has 0 radical (unpaired) electrons. The number of rotatable bonds is 4. The summed E-state index contributed by atoms with van der Waals surface area (Å²) in [5, 5.41) is 14.6. The van der Waals surface area contributed by atoms with Gasteiger partial charge in [0.05, 0.1) is 11.0 Å². The molecule has 0 amide bonds. The minimum Gasteiger partial charge on any atom is -0.302 e. The Kier molecular flexibility index (Phi) is 3.96. The van der Waals surface area contributed by atoms with Crippen LogP contribution in [0.1, 0.15) is 18.9 Å². The molecule has 0 N–H and O–H groups in total. The molecular formula is C10H15ClN4O2. The fourth-order valence-electron chi connectivity index (χ4n) is 2.15. The molecule has 17 heavy (non-hydrogen) atoms. The van der Waals surface area contributed by atoms with Crippen molar-refractivity contribution in [2.75, 3.05) is 25.5 Å². The van der Waals surface area contributed by atoms with Crippen molar-refractivity contribution in [2.45, 2.75) is 18.9 Å². The molecule has 1 saturated heterocycles. The summed E-state index contributed by atoms with van der Waals surface area (Å²) in [6.07, 6.45) is 4.76. The fraction of sp³-hybridized carbons (Fsp3) is 0.700. The minimum absolute atomic E-state index is 0.0631. The van der Waals surface area contributed by atoms with Crippen LogP contribution in [0.5, 0.6) is 0 Å². The summed E-state index contributed by atoms with van der Waals surface area (Å²) in [6.45, 7) is 2.86. The average Bonchev–Trinajstić information content (AvgIpc) is 2.80. The van der Waals surface area contributed by atoms with Crippen molar-refractivity contribution in [3.8, 4) is 0 Å². The van der Waals surface area contributed by atoms with E-state index in [2.05, 4.69) is 10.00 Å². The molecule has 0 unspecified atom stereocenters. The lowest BCUT2D eigenvalue weighted by Gasteiger charge is -2.31. The van der Waals surface area contributed by atoms with Gasteiger partial charge in [-0.15, -0.1) is 11.6 Å². The molecule has 0 saturated carbocycles. The van der Waals surface area contributed by atoms with E-state index in [1.165, 1.54) is 12.4 Å². The van der Waals surface area contributed by atoms with E-state index >= 15 is 0 Å². The fourth-order valence-corrected chi connectivity index (χ4v) is 2.39. The van der Waals surface area contributed by atoms with Gasteiger partial charge in [-0.1, -0.05) is 0 Å². The predicted octanol–water partition coefficient (Wildman–Crippen LogP) is 1.67. The van der Waals surface area contributed by atoms with Crippen LogP contribution in [0, 0.1) is 10.1 Å². The van der Waals surface area contributed by atoms with E-state index in [0.717, 1.165) is 32.5 Å². The molecule has 0 aromatic carbocycles. The molecule has 0 bridgehead atoms. The first kappa shape index (κ1) is 12.3. The molecule has 7 heteroatoms. The van der Waals surface area contributed by atoms with Crippen LogP contribution in [-0.4, -0.2) is 45.1 Å². The molecule has 2 heterocycles. The van der Waals surface area contributed by atoms with E-state index in [4.69, 9.17) is 11.6 Å². The SMILES string of the molecule is O=[N+]([O-])c1cnn(C2CCN(CCCl)CC2)c1. The maximum absolute atomic E-state index is 10.6. The van der Waals surface area contributed by atoms with Crippen LogP contribution in [0.4, 0.5) is 5.69 Å². The van der Waals surface area contributed by atoms with Gasteiger partial charge in [-0.2, -0.15) is 5.10 Å². The third-order valence-electron chi connectivity index (χ3n) is 3.13. The van der Waals surface area contributed by atoms with Crippen LogP contribution in [0.25, 0.3) is 0 Å². The molecule has 1 aromatic heterocycles. The highest BCUT2D eigenvalue weighted by molar-refractivity contribution is 6.18. The Morgan fingerprint density at radius 2 is 2.24 bits per heavy atom. The van der Waals surface area contributed by atoms with Gasteiger partial charge in [0.2, 0.25) is 0 Å². The molecule has 6 nitrogen and oxygen atoms in total. The number of alkyl halides is 1. The Morgan fingerprint density at radius 1 is 1.53 bits per heavy atom. The number of halogens is 1. The molecule has 1 aliphatic heterocycles. The zero-order valence-corrected chi connectivity index (χ0v) is 10.2. The molecule has 1 aliphatic rings. The Labute approximate surface area is 104 Å². The number of aromatic nitrogens is 2. The van der Waals surface area contributed by atoms with Crippen LogP contribution < -0.4 is 0 Å². The third-order valence-corrected chi connectivity index (χ3v) is 3.30. The van der Waals surface area contributed by atoms with Crippen LogP contribution in [0.3, 0.4) is 0 Å². The molecule has 94 valence electrons. The van der Waals surface area contributed by atoms with Crippen LogP contribution in [0.15, 0.2) is 12.4 Å². The number of hydrogen-bond acceptors (Lipinski definition) is 4. The van der Waals surface area contributed by atoms with Gasteiger partial charge < -0.3 is 4.90 Å². The molecule has 1 aromatic rings. The summed E-state index contributed by atoms with van der Waals surface area (Å²) in [5.41, 5.74) is 0.0631. The predicted molar refractivity (Wildman–Crippen MR) is 64.3 cm³/mol. The maximum atomic E-state index is 10.6. The quantitative estimate of drug-likeness (QED) is 0.468. The van der Waals surface area contributed by atoms with E-state index in [9.17, 15) is 10.1 Å². The number of nitrogens with zero attached hydrogens (tertiary/aromatic N) is 4. The van der Waals surface area contributed by atoms with E-state index in [0.29, 0.717) is 5.88 Å². The molecule has 2 rings (SSSR count). The average molecular weight is 259 g/mol. The van der Waals surface area contributed by atoms with Gasteiger partial charge in [0.15, 0.2) is 0 Å². The van der Waals surface area contributed by atoms with Crippen molar-refractivity contribution in [3.63, 3.8) is 0 Å². The second kappa shape index (κ2) is 5.46. The van der Waals surface area contributed by atoms with Crippen molar-refractivity contribution < 1.29 is 4.92 Å². The summed E-state index contributed by atoms with van der Waals surface area (Å²) in [5.74, 6) is 0.651. The van der Waals surface area contributed by atoms with Crippen molar-refractivity contribution in [1.82, 2.24) is 14.7 Å². The van der Waals surface area contributed by atoms with E-state index < -0.39 is 4.92 Å². The second-order valence-electron chi connectivity index (χ2n) is 4.20. The van der Waals surface area contributed by atoms with Crippen LogP contribution >= 0.6 is 11.6 Å². The van der Waals surface area contributed by atoms with Crippen molar-refractivity contribution >= 4 is 17.3 Å². The summed E-state index contributed by atoms with van der Waals surface area (Å²) < 4.78 is 1.72. The lowest BCUT2D eigenvalue weighted by atomic mass is 10.1. The summed E-state index contributed by atoms with van der Waals surface area (Å²) >= 11 is 5.69. The van der Waals surface area contributed by atoms with Crippen molar-refractivity contribution in [3.05, 3.63) is 22.5 Å². The highest BCUT2D eigenvalue weighted by Gasteiger charge is 2.22. The molecule has 1 fully saturated rings. The lowest BCUT2D eigenvalue weighted by Crippen LogP contribution is -2.35. The molecule has 0 atom stereocenters. The monoisotopic (exact) mass is 258 g/mol. The topological polar surface area (TPSA) is 64.2 Å². The van der Waals surface area contributed by atoms with Gasteiger partial charge in [-0.25, -0.2) is 0 Å². The summed E-state index contributed by atoms with van der Waals surface area (Å²) in [6, 6.07) is 0.273. The maximum Gasteiger partial charge on any atom is 0.307 e. The first-order valence-electron chi connectivity index (χ1n) is 5.67.